The first-order valence-electron chi connectivity index (χ1n) is 10.9. The van der Waals surface area contributed by atoms with Gasteiger partial charge in [-0.25, -0.2) is 4.68 Å². The Bertz CT molecular complexity index is 1240. The molecule has 9 nitrogen and oxygen atoms in total. The molecule has 0 spiro atoms. The monoisotopic (exact) mass is 510 g/mol. The average molecular weight is 511 g/mol. The smallest absolute Gasteiger partial charge is 0.322 e. The van der Waals surface area contributed by atoms with E-state index in [4.69, 9.17) is 4.74 Å². The van der Waals surface area contributed by atoms with Crippen molar-refractivity contribution in [2.45, 2.75) is 21.2 Å². The number of aliphatic carboxylic acids is 1. The average Bonchev–Trinajstić information content (AvgIpc) is 3.35. The number of carboxylic acid groups (broad SMARTS) is 1. The zero-order valence-corrected chi connectivity index (χ0v) is 20.1. The number of rotatable bonds is 8. The predicted molar refractivity (Wildman–Crippen MR) is 132 cm³/mol. The molecule has 2 N–H and O–H groups in total. The summed E-state index contributed by atoms with van der Waals surface area (Å²) in [6.45, 7) is -0.167. The Morgan fingerprint density at radius 2 is 1.86 bits per heavy atom. The van der Waals surface area contributed by atoms with E-state index in [1.807, 2.05) is 36.4 Å². The fourth-order valence-corrected chi connectivity index (χ4v) is 6.89. The van der Waals surface area contributed by atoms with Crippen molar-refractivity contribution in [3.8, 4) is 11.4 Å². The Hall–Kier alpha value is -3.44. The second-order valence-electron chi connectivity index (χ2n) is 8.13. The summed E-state index contributed by atoms with van der Waals surface area (Å²) >= 11 is 2.55. The summed E-state index contributed by atoms with van der Waals surface area (Å²) in [4.78, 5) is 39.1. The topological polar surface area (TPSA) is 114 Å². The molecule has 0 aliphatic carbocycles. The molecule has 5 rings (SSSR count). The molecule has 3 aromatic rings. The molecule has 2 aromatic carbocycles. The van der Waals surface area contributed by atoms with Crippen LogP contribution in [0.15, 0.2) is 78.0 Å². The number of thioether (sulfide) groups is 2. The van der Waals surface area contributed by atoms with E-state index >= 15 is 0 Å². The van der Waals surface area contributed by atoms with Crippen LogP contribution >= 0.6 is 23.5 Å². The zero-order valence-electron chi connectivity index (χ0n) is 18.4. The van der Waals surface area contributed by atoms with Crippen molar-refractivity contribution in [3.05, 3.63) is 72.9 Å². The normalized spacial score (nSPS) is 23.2. The first-order chi connectivity index (χ1) is 17.0. The van der Waals surface area contributed by atoms with Crippen LogP contribution in [0, 0.1) is 0 Å². The molecule has 0 bridgehead atoms. The van der Waals surface area contributed by atoms with Gasteiger partial charge in [0.2, 0.25) is 5.91 Å². The van der Waals surface area contributed by atoms with E-state index in [0.29, 0.717) is 10.8 Å². The van der Waals surface area contributed by atoms with Gasteiger partial charge in [-0.05, 0) is 30.3 Å². The van der Waals surface area contributed by atoms with E-state index in [-0.39, 0.29) is 30.2 Å². The molecule has 11 heteroatoms. The molecule has 180 valence electrons. The number of ether oxygens (including phenoxy) is 1. The third kappa shape index (κ3) is 4.61. The van der Waals surface area contributed by atoms with Crippen molar-refractivity contribution < 1.29 is 24.2 Å². The maximum absolute atomic E-state index is 12.8. The molecule has 3 heterocycles. The minimum Gasteiger partial charge on any atom is -0.484 e. The number of β-lactam (4-membered cyclic amide) rings is 1. The maximum Gasteiger partial charge on any atom is 0.322 e. The lowest BCUT2D eigenvalue weighted by Gasteiger charge is -2.53. The number of carbonyl (C=O) groups is 3. The number of hydrogen-bond donors (Lipinski definition) is 2. The van der Waals surface area contributed by atoms with Gasteiger partial charge in [0.15, 0.2) is 6.61 Å². The van der Waals surface area contributed by atoms with Crippen LogP contribution in [-0.2, 0) is 14.4 Å². The van der Waals surface area contributed by atoms with Crippen LogP contribution in [0.1, 0.15) is 0 Å². The third-order valence-electron chi connectivity index (χ3n) is 5.78. The van der Waals surface area contributed by atoms with Crippen LogP contribution in [0.5, 0.6) is 5.75 Å². The SMILES string of the molecule is O=C(COc1ccccc1)N[C@@H]1C(=O)N2CC(Sc3ccnn3-c3ccccc3)(C(=O)O)CS[C@H]12. The third-order valence-corrected chi connectivity index (χ3v) is 8.85. The molecule has 1 aromatic heterocycles. The lowest BCUT2D eigenvalue weighted by atomic mass is 10.0. The highest BCUT2D eigenvalue weighted by atomic mass is 32.2. The van der Waals surface area contributed by atoms with Crippen LogP contribution in [0.2, 0.25) is 0 Å². The van der Waals surface area contributed by atoms with Crippen LogP contribution in [0.3, 0.4) is 0 Å². The lowest BCUT2D eigenvalue weighted by molar-refractivity contribution is -0.152. The first-order valence-corrected chi connectivity index (χ1v) is 12.7. The van der Waals surface area contributed by atoms with Crippen LogP contribution in [-0.4, -0.2) is 72.6 Å². The minimum atomic E-state index is -1.24. The molecule has 2 aliphatic heterocycles. The Balaban J connectivity index is 1.24. The standard InChI is InChI=1S/C24H22N4O5S2/c29-18(13-33-17-9-5-2-6-10-17)26-20-21(30)27-14-24(23(31)32,15-34-22(20)27)35-19-11-12-25-28(19)16-7-3-1-4-8-16/h1-12,20,22H,13-15H2,(H,26,29)(H,31,32)/t20-,22-,24?/m1/s1. The van der Waals surface area contributed by atoms with Gasteiger partial charge >= 0.3 is 5.97 Å². The number of amides is 2. The van der Waals surface area contributed by atoms with Crippen molar-refractivity contribution in [2.75, 3.05) is 18.9 Å². The number of carbonyl (C=O) groups excluding carboxylic acids is 2. The van der Waals surface area contributed by atoms with Crippen LogP contribution < -0.4 is 10.1 Å². The van der Waals surface area contributed by atoms with Gasteiger partial charge in [0.05, 0.1) is 11.9 Å². The number of fused-ring (bicyclic) bond motifs is 1. The second kappa shape index (κ2) is 9.67. The fraction of sp³-hybridized carbons (Fsp3) is 0.250. The van der Waals surface area contributed by atoms with E-state index in [1.165, 1.54) is 28.4 Å². The number of benzene rings is 2. The van der Waals surface area contributed by atoms with Crippen molar-refractivity contribution in [2.24, 2.45) is 0 Å². The van der Waals surface area contributed by atoms with E-state index < -0.39 is 22.7 Å². The molecule has 2 saturated heterocycles. The molecule has 2 aliphatic rings. The number of aromatic nitrogens is 2. The number of nitrogens with zero attached hydrogens (tertiary/aromatic N) is 3. The minimum absolute atomic E-state index is 0.0381. The molecule has 0 radical (unpaired) electrons. The predicted octanol–water partition coefficient (Wildman–Crippen LogP) is 2.27. The van der Waals surface area contributed by atoms with Crippen molar-refractivity contribution in [1.29, 1.82) is 0 Å². The maximum atomic E-state index is 12.8. The summed E-state index contributed by atoms with van der Waals surface area (Å²) in [6, 6.07) is 19.5. The summed E-state index contributed by atoms with van der Waals surface area (Å²) in [7, 11) is 0. The lowest BCUT2D eigenvalue weighted by Crippen LogP contribution is -2.74. The molecular formula is C24H22N4O5S2. The highest BCUT2D eigenvalue weighted by Crippen LogP contribution is 2.46. The number of para-hydroxylation sites is 2. The first kappa shape index (κ1) is 23.3. The molecule has 1 unspecified atom stereocenters. The Kier molecular flexibility index (Phi) is 6.44. The summed E-state index contributed by atoms with van der Waals surface area (Å²) in [5.74, 6) is -0.851. The number of hydrogen-bond acceptors (Lipinski definition) is 7. The van der Waals surface area contributed by atoms with Gasteiger partial charge in [-0.3, -0.25) is 14.4 Å². The number of nitrogens with one attached hydrogen (secondary N) is 1. The van der Waals surface area contributed by atoms with Gasteiger partial charge < -0.3 is 20.1 Å². The molecular weight excluding hydrogens is 488 g/mol. The summed E-state index contributed by atoms with van der Waals surface area (Å²) < 4.78 is 5.90. The molecule has 2 fully saturated rings. The Morgan fingerprint density at radius 3 is 2.57 bits per heavy atom. The van der Waals surface area contributed by atoms with Gasteiger partial charge in [0, 0.05) is 12.3 Å². The van der Waals surface area contributed by atoms with E-state index in [0.717, 1.165) is 5.69 Å². The van der Waals surface area contributed by atoms with Gasteiger partial charge in [0.25, 0.3) is 5.91 Å². The quantitative estimate of drug-likeness (QED) is 0.444. The fourth-order valence-electron chi connectivity index (χ4n) is 4.00. The van der Waals surface area contributed by atoms with Gasteiger partial charge in [-0.2, -0.15) is 5.10 Å². The highest BCUT2D eigenvalue weighted by molar-refractivity contribution is 8.05. The summed E-state index contributed by atoms with van der Waals surface area (Å²) in [5.41, 5.74) is 0.822. The second-order valence-corrected chi connectivity index (χ2v) is 10.6. The zero-order chi connectivity index (χ0) is 24.4. The van der Waals surface area contributed by atoms with Gasteiger partial charge in [0.1, 0.15) is 26.9 Å². The highest BCUT2D eigenvalue weighted by Gasteiger charge is 2.58. The van der Waals surface area contributed by atoms with Gasteiger partial charge in [-0.1, -0.05) is 48.2 Å². The molecule has 3 atom stereocenters. The van der Waals surface area contributed by atoms with E-state index in [2.05, 4.69) is 10.4 Å². The van der Waals surface area contributed by atoms with Crippen molar-refractivity contribution in [3.63, 3.8) is 0 Å². The summed E-state index contributed by atoms with van der Waals surface area (Å²) in [5, 5.41) is 17.6. The van der Waals surface area contributed by atoms with Gasteiger partial charge in [-0.15, -0.1) is 11.8 Å². The van der Waals surface area contributed by atoms with Crippen molar-refractivity contribution >= 4 is 41.3 Å². The van der Waals surface area contributed by atoms with E-state index in [9.17, 15) is 19.5 Å². The molecule has 2 amide bonds. The van der Waals surface area contributed by atoms with Crippen LogP contribution in [0.25, 0.3) is 5.69 Å². The van der Waals surface area contributed by atoms with E-state index in [1.54, 1.807) is 41.2 Å². The Morgan fingerprint density at radius 1 is 1.14 bits per heavy atom. The molecule has 35 heavy (non-hydrogen) atoms. The largest absolute Gasteiger partial charge is 0.484 e. The van der Waals surface area contributed by atoms with Crippen LogP contribution in [0.4, 0.5) is 0 Å². The Labute approximate surface area is 209 Å². The van der Waals surface area contributed by atoms with Crippen molar-refractivity contribution in [1.82, 2.24) is 20.0 Å². The number of carboxylic acids is 1. The summed E-state index contributed by atoms with van der Waals surface area (Å²) in [6.07, 6.45) is 1.63. The molecule has 0 saturated carbocycles.